The van der Waals surface area contributed by atoms with E-state index in [1.165, 1.54) is 0 Å². The Hall–Kier alpha value is -2.41. The molecular weight excluding hydrogens is 306 g/mol. The fourth-order valence-electron chi connectivity index (χ4n) is 2.58. The fourth-order valence-corrected chi connectivity index (χ4v) is 2.58. The molecule has 0 atom stereocenters. The smallest absolute Gasteiger partial charge is 0.398 e. The molecule has 3 N–H and O–H groups in total. The van der Waals surface area contributed by atoms with Crippen LogP contribution in [-0.2, 0) is 5.41 Å². The number of rotatable bonds is 1. The maximum atomic E-state index is 12.5. The van der Waals surface area contributed by atoms with Crippen molar-refractivity contribution in [2.24, 2.45) is 0 Å². The third kappa shape index (κ3) is 3.26. The number of nitrogens with zero attached hydrogens (tertiary/aromatic N) is 3. The van der Waals surface area contributed by atoms with Crippen LogP contribution in [0.5, 0.6) is 5.88 Å². The maximum Gasteiger partial charge on any atom is 0.416 e. The predicted octanol–water partition coefficient (Wildman–Crippen LogP) is 1.91. The van der Waals surface area contributed by atoms with Crippen molar-refractivity contribution in [3.8, 4) is 5.88 Å². The van der Waals surface area contributed by atoms with Gasteiger partial charge in [-0.15, -0.1) is 0 Å². The van der Waals surface area contributed by atoms with Crippen molar-refractivity contribution < 1.29 is 9.53 Å². The van der Waals surface area contributed by atoms with E-state index < -0.39 is 6.09 Å². The summed E-state index contributed by atoms with van der Waals surface area (Å²) in [4.78, 5) is 23.2. The minimum atomic E-state index is -0.403. The SMILES string of the molecule is CC(C)(C)c1nc(OC(=O)N2CCNCC2)c2c(N)cccc2n1. The highest BCUT2D eigenvalue weighted by Crippen LogP contribution is 2.31. The third-order valence-corrected chi connectivity index (χ3v) is 3.95. The number of piperazine rings is 1. The van der Waals surface area contributed by atoms with Gasteiger partial charge >= 0.3 is 6.09 Å². The van der Waals surface area contributed by atoms with Crippen molar-refractivity contribution in [1.82, 2.24) is 20.2 Å². The summed E-state index contributed by atoms with van der Waals surface area (Å²) in [7, 11) is 0. The summed E-state index contributed by atoms with van der Waals surface area (Å²) in [6, 6.07) is 5.44. The summed E-state index contributed by atoms with van der Waals surface area (Å²) < 4.78 is 5.61. The molecule has 2 aromatic rings. The van der Waals surface area contributed by atoms with Gasteiger partial charge in [-0.2, -0.15) is 4.98 Å². The minimum absolute atomic E-state index is 0.228. The lowest BCUT2D eigenvalue weighted by Crippen LogP contribution is -2.47. The van der Waals surface area contributed by atoms with E-state index in [0.29, 0.717) is 35.5 Å². The third-order valence-electron chi connectivity index (χ3n) is 3.95. The lowest BCUT2D eigenvalue weighted by Gasteiger charge is -2.26. The van der Waals surface area contributed by atoms with Gasteiger partial charge in [-0.25, -0.2) is 9.78 Å². The van der Waals surface area contributed by atoms with E-state index in [1.54, 1.807) is 11.0 Å². The number of fused-ring (bicyclic) bond motifs is 1. The van der Waals surface area contributed by atoms with Crippen LogP contribution in [0.25, 0.3) is 10.9 Å². The maximum absolute atomic E-state index is 12.5. The highest BCUT2D eigenvalue weighted by molar-refractivity contribution is 5.95. The molecule has 1 aromatic carbocycles. The van der Waals surface area contributed by atoms with Gasteiger partial charge in [0, 0.05) is 37.3 Å². The molecule has 128 valence electrons. The zero-order chi connectivity index (χ0) is 17.3. The summed E-state index contributed by atoms with van der Waals surface area (Å²) in [5.41, 5.74) is 6.98. The molecule has 0 bridgehead atoms. The predicted molar refractivity (Wildman–Crippen MR) is 93.1 cm³/mol. The summed E-state index contributed by atoms with van der Waals surface area (Å²) in [6.45, 7) is 8.80. The van der Waals surface area contributed by atoms with E-state index in [0.717, 1.165) is 13.1 Å². The molecule has 1 saturated heterocycles. The second-order valence-corrected chi connectivity index (χ2v) is 6.95. The van der Waals surface area contributed by atoms with Crippen LogP contribution in [0.3, 0.4) is 0 Å². The normalized spacial score (nSPS) is 15.5. The number of nitrogens with one attached hydrogen (secondary N) is 1. The number of carbonyl (C=O) groups is 1. The number of nitrogen functional groups attached to an aromatic ring is 1. The van der Waals surface area contributed by atoms with Crippen molar-refractivity contribution in [3.63, 3.8) is 0 Å². The Kier molecular flexibility index (Phi) is 4.28. The van der Waals surface area contributed by atoms with Gasteiger partial charge in [0.05, 0.1) is 10.9 Å². The summed E-state index contributed by atoms with van der Waals surface area (Å²) in [5, 5.41) is 3.78. The highest BCUT2D eigenvalue weighted by atomic mass is 16.6. The standard InChI is InChI=1S/C17H23N5O2/c1-17(2,3)15-20-12-6-4-5-11(18)13(12)14(21-15)24-16(23)22-9-7-19-8-10-22/h4-6,19H,7-10,18H2,1-3H3. The number of aromatic nitrogens is 2. The summed E-state index contributed by atoms with van der Waals surface area (Å²) in [6.07, 6.45) is -0.403. The van der Waals surface area contributed by atoms with Crippen LogP contribution in [0, 0.1) is 0 Å². The first-order valence-electron chi connectivity index (χ1n) is 8.10. The van der Waals surface area contributed by atoms with Gasteiger partial charge in [0.15, 0.2) is 0 Å². The molecule has 0 unspecified atom stereocenters. The second-order valence-electron chi connectivity index (χ2n) is 6.95. The lowest BCUT2D eigenvalue weighted by molar-refractivity contribution is 0.144. The topological polar surface area (TPSA) is 93.4 Å². The number of hydrogen-bond donors (Lipinski definition) is 2. The molecule has 7 heteroatoms. The van der Waals surface area contributed by atoms with E-state index in [4.69, 9.17) is 10.5 Å². The number of anilines is 1. The van der Waals surface area contributed by atoms with Gasteiger partial charge in [0.2, 0.25) is 5.88 Å². The van der Waals surface area contributed by atoms with Gasteiger partial charge in [-0.05, 0) is 12.1 Å². The second kappa shape index (κ2) is 6.24. The minimum Gasteiger partial charge on any atom is -0.398 e. The zero-order valence-electron chi connectivity index (χ0n) is 14.3. The number of ether oxygens (including phenoxy) is 1. The van der Waals surface area contributed by atoms with Gasteiger partial charge in [-0.3, -0.25) is 0 Å². The molecule has 3 rings (SSSR count). The van der Waals surface area contributed by atoms with Crippen LogP contribution in [0.1, 0.15) is 26.6 Å². The van der Waals surface area contributed by atoms with E-state index in [1.807, 2.05) is 32.9 Å². The first-order chi connectivity index (χ1) is 11.4. The average molecular weight is 329 g/mol. The summed E-state index contributed by atoms with van der Waals surface area (Å²) >= 11 is 0. The van der Waals surface area contributed by atoms with Gasteiger partial charge in [0.25, 0.3) is 0 Å². The van der Waals surface area contributed by atoms with Crippen molar-refractivity contribution in [2.75, 3.05) is 31.9 Å². The number of amides is 1. The Morgan fingerprint density at radius 3 is 2.62 bits per heavy atom. The molecule has 0 radical (unpaired) electrons. The van der Waals surface area contributed by atoms with Crippen molar-refractivity contribution in [1.29, 1.82) is 0 Å². The van der Waals surface area contributed by atoms with E-state index in [-0.39, 0.29) is 11.3 Å². The Morgan fingerprint density at radius 2 is 1.96 bits per heavy atom. The molecule has 7 nitrogen and oxygen atoms in total. The van der Waals surface area contributed by atoms with E-state index >= 15 is 0 Å². The Bertz CT molecular complexity index is 763. The van der Waals surface area contributed by atoms with Gasteiger partial charge in [-0.1, -0.05) is 26.8 Å². The molecule has 0 spiro atoms. The Labute approximate surface area is 141 Å². The monoisotopic (exact) mass is 329 g/mol. The summed E-state index contributed by atoms with van der Waals surface area (Å²) in [5.74, 6) is 0.843. The molecule has 1 aliphatic heterocycles. The van der Waals surface area contributed by atoms with E-state index in [2.05, 4.69) is 15.3 Å². The molecule has 0 aliphatic carbocycles. The average Bonchev–Trinajstić information content (AvgIpc) is 2.54. The number of benzene rings is 1. The first kappa shape index (κ1) is 16.4. The molecule has 1 aliphatic rings. The largest absolute Gasteiger partial charge is 0.416 e. The zero-order valence-corrected chi connectivity index (χ0v) is 14.3. The van der Waals surface area contributed by atoms with Crippen LogP contribution in [-0.4, -0.2) is 47.1 Å². The number of hydrogen-bond acceptors (Lipinski definition) is 6. The van der Waals surface area contributed by atoms with Gasteiger partial charge in [0.1, 0.15) is 5.82 Å². The Morgan fingerprint density at radius 1 is 1.25 bits per heavy atom. The lowest BCUT2D eigenvalue weighted by atomic mass is 9.95. The molecule has 1 fully saturated rings. The Balaban J connectivity index is 2.02. The number of nitrogens with two attached hydrogens (primary N) is 1. The van der Waals surface area contributed by atoms with Crippen LogP contribution in [0.4, 0.5) is 10.5 Å². The highest BCUT2D eigenvalue weighted by Gasteiger charge is 2.24. The number of carbonyl (C=O) groups excluding carboxylic acids is 1. The van der Waals surface area contributed by atoms with Crippen LogP contribution >= 0.6 is 0 Å². The van der Waals surface area contributed by atoms with Crippen LogP contribution in [0.2, 0.25) is 0 Å². The molecule has 24 heavy (non-hydrogen) atoms. The first-order valence-corrected chi connectivity index (χ1v) is 8.10. The van der Waals surface area contributed by atoms with Gasteiger partial charge < -0.3 is 20.7 Å². The molecule has 2 heterocycles. The van der Waals surface area contributed by atoms with Crippen molar-refractivity contribution in [3.05, 3.63) is 24.0 Å². The van der Waals surface area contributed by atoms with Crippen LogP contribution < -0.4 is 15.8 Å². The quantitative estimate of drug-likeness (QED) is 0.776. The molecule has 1 amide bonds. The van der Waals surface area contributed by atoms with Crippen molar-refractivity contribution >= 4 is 22.7 Å². The van der Waals surface area contributed by atoms with Crippen molar-refractivity contribution in [2.45, 2.75) is 26.2 Å². The molecule has 0 saturated carbocycles. The molecular formula is C17H23N5O2. The fraction of sp³-hybridized carbons (Fsp3) is 0.471. The molecule has 1 aromatic heterocycles. The van der Waals surface area contributed by atoms with Crippen LogP contribution in [0.15, 0.2) is 18.2 Å². The van der Waals surface area contributed by atoms with E-state index in [9.17, 15) is 4.79 Å².